The first-order valence-electron chi connectivity index (χ1n) is 16.1. The van der Waals surface area contributed by atoms with Gasteiger partial charge in [0.05, 0.1) is 12.2 Å². The molecule has 0 aliphatic heterocycles. The SMILES string of the molecule is CCC[C@@H](CC)C1CCC(CC(C)[C@H](O)CCCC(CC(O)C2CCC(C)CC2)C(C)CC)CC1. The Balaban J connectivity index is 1.71. The predicted molar refractivity (Wildman–Crippen MR) is 152 cm³/mol. The highest BCUT2D eigenvalue weighted by atomic mass is 16.3. The van der Waals surface area contributed by atoms with Crippen LogP contribution in [-0.2, 0) is 0 Å². The van der Waals surface area contributed by atoms with Crippen LogP contribution in [0.5, 0.6) is 0 Å². The van der Waals surface area contributed by atoms with E-state index in [-0.39, 0.29) is 12.2 Å². The minimum atomic E-state index is -0.154. The molecule has 4 unspecified atom stereocenters. The summed E-state index contributed by atoms with van der Waals surface area (Å²) < 4.78 is 0. The fraction of sp³-hybridized carbons (Fsp3) is 1.00. The first-order valence-corrected chi connectivity index (χ1v) is 16.1. The van der Waals surface area contributed by atoms with E-state index < -0.39 is 0 Å². The van der Waals surface area contributed by atoms with E-state index in [0.717, 1.165) is 42.9 Å². The van der Waals surface area contributed by atoms with Crippen molar-refractivity contribution in [2.24, 2.45) is 47.3 Å². The zero-order valence-electron chi connectivity index (χ0n) is 24.7. The normalized spacial score (nSPS) is 30.9. The van der Waals surface area contributed by atoms with Gasteiger partial charge in [-0.05, 0) is 92.3 Å². The van der Waals surface area contributed by atoms with Gasteiger partial charge in [-0.25, -0.2) is 0 Å². The second kappa shape index (κ2) is 16.7. The van der Waals surface area contributed by atoms with Crippen molar-refractivity contribution in [3.8, 4) is 0 Å². The van der Waals surface area contributed by atoms with Gasteiger partial charge in [-0.3, -0.25) is 0 Å². The molecule has 2 aliphatic carbocycles. The monoisotopic (exact) mass is 492 g/mol. The molecule has 0 aromatic heterocycles. The van der Waals surface area contributed by atoms with E-state index >= 15 is 0 Å². The lowest BCUT2D eigenvalue weighted by Gasteiger charge is -2.35. The molecule has 0 aromatic rings. The van der Waals surface area contributed by atoms with Gasteiger partial charge in [-0.1, -0.05) is 106 Å². The summed E-state index contributed by atoms with van der Waals surface area (Å²) in [6.07, 6.45) is 21.0. The van der Waals surface area contributed by atoms with Crippen LogP contribution in [0.25, 0.3) is 0 Å². The molecule has 2 nitrogen and oxygen atoms in total. The summed E-state index contributed by atoms with van der Waals surface area (Å²) in [4.78, 5) is 0. The third-order valence-corrected chi connectivity index (χ3v) is 10.8. The fourth-order valence-corrected chi connectivity index (χ4v) is 7.74. The summed E-state index contributed by atoms with van der Waals surface area (Å²) in [5.41, 5.74) is 0. The molecule has 0 radical (unpaired) electrons. The van der Waals surface area contributed by atoms with Crippen molar-refractivity contribution in [2.45, 2.75) is 163 Å². The first-order chi connectivity index (χ1) is 16.8. The Hall–Kier alpha value is -0.0800. The van der Waals surface area contributed by atoms with Crippen molar-refractivity contribution < 1.29 is 10.2 Å². The number of rotatable bonds is 16. The van der Waals surface area contributed by atoms with Crippen molar-refractivity contribution in [3.63, 3.8) is 0 Å². The molecule has 2 N–H and O–H groups in total. The van der Waals surface area contributed by atoms with E-state index in [4.69, 9.17) is 0 Å². The average molecular weight is 493 g/mol. The van der Waals surface area contributed by atoms with Gasteiger partial charge in [0.2, 0.25) is 0 Å². The molecule has 6 atom stereocenters. The largest absolute Gasteiger partial charge is 0.393 e. The number of aliphatic hydroxyl groups is 2. The maximum absolute atomic E-state index is 11.0. The maximum atomic E-state index is 11.0. The number of hydrogen-bond donors (Lipinski definition) is 2. The van der Waals surface area contributed by atoms with Crippen LogP contribution in [0.4, 0.5) is 0 Å². The van der Waals surface area contributed by atoms with Crippen LogP contribution in [0.2, 0.25) is 0 Å². The van der Waals surface area contributed by atoms with Gasteiger partial charge in [0.1, 0.15) is 0 Å². The molecule has 0 aromatic carbocycles. The van der Waals surface area contributed by atoms with Crippen LogP contribution >= 0.6 is 0 Å². The van der Waals surface area contributed by atoms with Crippen molar-refractivity contribution in [1.82, 2.24) is 0 Å². The number of hydrogen-bond acceptors (Lipinski definition) is 2. The summed E-state index contributed by atoms with van der Waals surface area (Å²) >= 11 is 0. The van der Waals surface area contributed by atoms with Crippen LogP contribution in [0.3, 0.4) is 0 Å². The van der Waals surface area contributed by atoms with Gasteiger partial charge in [0.25, 0.3) is 0 Å². The van der Waals surface area contributed by atoms with E-state index in [0.29, 0.717) is 23.7 Å². The predicted octanol–water partition coefficient (Wildman–Crippen LogP) is 9.42. The Morgan fingerprint density at radius 2 is 1.34 bits per heavy atom. The smallest absolute Gasteiger partial charge is 0.0571 e. The summed E-state index contributed by atoms with van der Waals surface area (Å²) in [5, 5.41) is 22.0. The molecule has 35 heavy (non-hydrogen) atoms. The zero-order chi connectivity index (χ0) is 25.8. The van der Waals surface area contributed by atoms with E-state index in [9.17, 15) is 10.2 Å². The molecule has 0 amide bonds. The second-order valence-corrected chi connectivity index (χ2v) is 13.4. The van der Waals surface area contributed by atoms with Crippen LogP contribution in [0.1, 0.15) is 151 Å². The Labute approximate surface area is 220 Å². The molecule has 0 saturated heterocycles. The highest BCUT2D eigenvalue weighted by Crippen LogP contribution is 2.40. The maximum Gasteiger partial charge on any atom is 0.0571 e. The minimum absolute atomic E-state index is 0.120. The van der Waals surface area contributed by atoms with Crippen molar-refractivity contribution >= 4 is 0 Å². The van der Waals surface area contributed by atoms with E-state index in [1.54, 1.807) is 0 Å². The van der Waals surface area contributed by atoms with Gasteiger partial charge >= 0.3 is 0 Å². The molecule has 2 saturated carbocycles. The van der Waals surface area contributed by atoms with E-state index in [1.807, 2.05) is 0 Å². The summed E-state index contributed by atoms with van der Waals surface area (Å²) in [7, 11) is 0. The Morgan fingerprint density at radius 3 is 1.91 bits per heavy atom. The Kier molecular flexibility index (Phi) is 14.9. The molecular weight excluding hydrogens is 428 g/mol. The first kappa shape index (κ1) is 31.1. The molecule has 2 rings (SSSR count). The van der Waals surface area contributed by atoms with E-state index in [2.05, 4.69) is 41.5 Å². The van der Waals surface area contributed by atoms with Crippen molar-refractivity contribution in [3.05, 3.63) is 0 Å². The van der Waals surface area contributed by atoms with Crippen LogP contribution in [0, 0.1) is 47.3 Å². The van der Waals surface area contributed by atoms with Gasteiger partial charge in [-0.2, -0.15) is 0 Å². The standard InChI is InChI=1S/C33H64O2/c1-7-11-28(9-3)29-20-16-27(17-21-29)22-26(6)32(34)13-10-12-31(25(5)8-2)23-33(35)30-18-14-24(4)15-19-30/h24-35H,7-23H2,1-6H3/t24?,25?,26?,27?,28-,29?,30?,31?,32-,33?/m1/s1. The Morgan fingerprint density at radius 1 is 0.714 bits per heavy atom. The zero-order valence-corrected chi connectivity index (χ0v) is 24.7. The van der Waals surface area contributed by atoms with Crippen LogP contribution < -0.4 is 0 Å². The lowest BCUT2D eigenvalue weighted by Crippen LogP contribution is -2.29. The van der Waals surface area contributed by atoms with Gasteiger partial charge in [0.15, 0.2) is 0 Å². The van der Waals surface area contributed by atoms with Crippen molar-refractivity contribution in [1.29, 1.82) is 0 Å². The lowest BCUT2D eigenvalue weighted by molar-refractivity contribution is 0.0418. The average Bonchev–Trinajstić information content (AvgIpc) is 2.86. The van der Waals surface area contributed by atoms with Crippen LogP contribution in [-0.4, -0.2) is 22.4 Å². The molecule has 0 heterocycles. The molecule has 2 aliphatic rings. The third-order valence-electron chi connectivity index (χ3n) is 10.8. The molecule has 0 spiro atoms. The fourth-order valence-electron chi connectivity index (χ4n) is 7.74. The quantitative estimate of drug-likeness (QED) is 0.225. The molecule has 208 valence electrons. The number of aliphatic hydroxyl groups excluding tert-OH is 2. The highest BCUT2D eigenvalue weighted by molar-refractivity contribution is 4.81. The van der Waals surface area contributed by atoms with Crippen LogP contribution in [0.15, 0.2) is 0 Å². The van der Waals surface area contributed by atoms with Gasteiger partial charge in [-0.15, -0.1) is 0 Å². The molecule has 0 bridgehead atoms. The second-order valence-electron chi connectivity index (χ2n) is 13.4. The topological polar surface area (TPSA) is 40.5 Å². The van der Waals surface area contributed by atoms with Gasteiger partial charge < -0.3 is 10.2 Å². The molecule has 2 fully saturated rings. The minimum Gasteiger partial charge on any atom is -0.393 e. The Bertz CT molecular complexity index is 517. The molecular formula is C33H64O2. The third kappa shape index (κ3) is 10.7. The summed E-state index contributed by atoms with van der Waals surface area (Å²) in [6, 6.07) is 0. The van der Waals surface area contributed by atoms with Gasteiger partial charge in [0, 0.05) is 0 Å². The lowest BCUT2D eigenvalue weighted by atomic mass is 9.71. The summed E-state index contributed by atoms with van der Waals surface area (Å²) in [6.45, 7) is 14.0. The van der Waals surface area contributed by atoms with E-state index in [1.165, 1.54) is 89.9 Å². The molecule has 2 heteroatoms. The van der Waals surface area contributed by atoms with Crippen molar-refractivity contribution in [2.75, 3.05) is 0 Å². The highest BCUT2D eigenvalue weighted by Gasteiger charge is 2.30. The summed E-state index contributed by atoms with van der Waals surface area (Å²) in [5.74, 6) is 5.79.